The molecule has 0 aliphatic rings. The summed E-state index contributed by atoms with van der Waals surface area (Å²) in [5.74, 6) is 2.15. The zero-order chi connectivity index (χ0) is 23.8. The number of methoxy groups -OCH3 is 1. The van der Waals surface area contributed by atoms with E-state index >= 15 is 0 Å². The minimum atomic E-state index is 0.345. The van der Waals surface area contributed by atoms with Crippen LogP contribution in [0.15, 0.2) is 76.4 Å². The first kappa shape index (κ1) is 24.5. The number of tetrazole rings is 1. The van der Waals surface area contributed by atoms with Crippen molar-refractivity contribution < 1.29 is 9.47 Å². The Kier molecular flexibility index (Phi) is 8.81. The molecule has 0 amide bonds. The Hall–Kier alpha value is -2.59. The topological polar surface area (TPSA) is 74.1 Å². The molecule has 1 aromatic heterocycles. The van der Waals surface area contributed by atoms with Gasteiger partial charge in [0.2, 0.25) is 5.16 Å². The molecule has 0 atom stereocenters. The minimum absolute atomic E-state index is 0.345. The molecule has 0 saturated heterocycles. The van der Waals surface area contributed by atoms with Gasteiger partial charge in [0.1, 0.15) is 6.61 Å². The van der Waals surface area contributed by atoms with Crippen molar-refractivity contribution in [1.29, 1.82) is 0 Å². The van der Waals surface area contributed by atoms with E-state index in [4.69, 9.17) is 21.1 Å². The number of thioether (sulfide) groups is 1. The van der Waals surface area contributed by atoms with Gasteiger partial charge in [0, 0.05) is 39.5 Å². The van der Waals surface area contributed by atoms with Crippen molar-refractivity contribution in [2.24, 2.45) is 0 Å². The van der Waals surface area contributed by atoms with E-state index in [1.165, 1.54) is 0 Å². The SMILES string of the molecule is COc1ccc(Br)c(CNCCSc2nnnn2-c2ccccc2)c1OCc1ccccc1Cl. The average molecular weight is 561 g/mol. The van der Waals surface area contributed by atoms with Gasteiger partial charge < -0.3 is 14.8 Å². The lowest BCUT2D eigenvalue weighted by Crippen LogP contribution is -2.18. The monoisotopic (exact) mass is 559 g/mol. The lowest BCUT2D eigenvalue weighted by Gasteiger charge is -2.17. The summed E-state index contributed by atoms with van der Waals surface area (Å²) in [6.45, 7) is 1.69. The maximum atomic E-state index is 6.30. The molecule has 3 aromatic carbocycles. The van der Waals surface area contributed by atoms with Crippen LogP contribution in [-0.4, -0.2) is 39.6 Å². The van der Waals surface area contributed by atoms with Gasteiger partial charge in [-0.3, -0.25) is 0 Å². The maximum Gasteiger partial charge on any atom is 0.214 e. The molecule has 0 aliphatic carbocycles. The van der Waals surface area contributed by atoms with E-state index in [2.05, 4.69) is 36.8 Å². The zero-order valence-corrected chi connectivity index (χ0v) is 21.6. The predicted molar refractivity (Wildman–Crippen MR) is 138 cm³/mol. The summed E-state index contributed by atoms with van der Waals surface area (Å²) in [7, 11) is 1.64. The van der Waals surface area contributed by atoms with E-state index in [1.54, 1.807) is 23.6 Å². The van der Waals surface area contributed by atoms with Crippen molar-refractivity contribution in [3.63, 3.8) is 0 Å². The molecule has 10 heteroatoms. The van der Waals surface area contributed by atoms with Gasteiger partial charge >= 0.3 is 0 Å². The second-order valence-corrected chi connectivity index (χ2v) is 9.50. The van der Waals surface area contributed by atoms with Gasteiger partial charge in [-0.05, 0) is 40.8 Å². The first-order valence-corrected chi connectivity index (χ1v) is 12.7. The summed E-state index contributed by atoms with van der Waals surface area (Å²) in [6, 6.07) is 21.3. The van der Waals surface area contributed by atoms with E-state index in [0.29, 0.717) is 29.7 Å². The Morgan fingerprint density at radius 1 is 1.06 bits per heavy atom. The van der Waals surface area contributed by atoms with E-state index in [-0.39, 0.29) is 0 Å². The summed E-state index contributed by atoms with van der Waals surface area (Å²) in [4.78, 5) is 0. The van der Waals surface area contributed by atoms with Crippen molar-refractivity contribution in [3.05, 3.63) is 87.4 Å². The second-order valence-electron chi connectivity index (χ2n) is 7.17. The third kappa shape index (κ3) is 6.09. The number of ether oxygens (including phenoxy) is 2. The number of hydrogen-bond acceptors (Lipinski definition) is 7. The van der Waals surface area contributed by atoms with Gasteiger partial charge in [-0.25, -0.2) is 0 Å². The predicted octanol–water partition coefficient (Wildman–Crippen LogP) is 5.55. The normalized spacial score (nSPS) is 10.9. The highest BCUT2D eigenvalue weighted by molar-refractivity contribution is 9.10. The summed E-state index contributed by atoms with van der Waals surface area (Å²) >= 11 is 11.5. The van der Waals surface area contributed by atoms with Gasteiger partial charge in [0.05, 0.1) is 12.8 Å². The second kappa shape index (κ2) is 12.2. The summed E-state index contributed by atoms with van der Waals surface area (Å²) < 4.78 is 14.4. The van der Waals surface area contributed by atoms with Crippen molar-refractivity contribution in [2.45, 2.75) is 18.3 Å². The van der Waals surface area contributed by atoms with Crippen molar-refractivity contribution in [1.82, 2.24) is 25.5 Å². The molecule has 1 heterocycles. The third-order valence-electron chi connectivity index (χ3n) is 4.97. The van der Waals surface area contributed by atoms with Gasteiger partial charge in [-0.2, -0.15) is 4.68 Å². The van der Waals surface area contributed by atoms with E-state index in [0.717, 1.165) is 38.7 Å². The molecule has 1 N–H and O–H groups in total. The van der Waals surface area contributed by atoms with E-state index in [9.17, 15) is 0 Å². The Morgan fingerprint density at radius 2 is 1.85 bits per heavy atom. The number of aromatic nitrogens is 4. The first-order valence-electron chi connectivity index (χ1n) is 10.6. The standard InChI is InChI=1S/C24H23BrClN5O2S/c1-32-22-12-11-20(25)19(23(22)33-16-17-7-5-6-10-21(17)26)15-27-13-14-34-24-28-29-30-31(24)18-8-3-2-4-9-18/h2-12,27H,13-16H2,1H3. The fraction of sp³-hybridized carbons (Fsp3) is 0.208. The van der Waals surface area contributed by atoms with Crippen LogP contribution in [0.3, 0.4) is 0 Å². The van der Waals surface area contributed by atoms with Crippen molar-refractivity contribution in [2.75, 3.05) is 19.4 Å². The number of benzene rings is 3. The van der Waals surface area contributed by atoms with Crippen LogP contribution in [0.5, 0.6) is 11.5 Å². The molecule has 0 radical (unpaired) electrons. The molecule has 4 aromatic rings. The van der Waals surface area contributed by atoms with E-state index < -0.39 is 0 Å². The molecule has 0 fully saturated rings. The van der Waals surface area contributed by atoms with Crippen molar-refractivity contribution >= 4 is 39.3 Å². The largest absolute Gasteiger partial charge is 0.493 e. The number of rotatable bonds is 11. The van der Waals surface area contributed by atoms with Crippen LogP contribution in [0, 0.1) is 0 Å². The molecule has 4 rings (SSSR count). The van der Waals surface area contributed by atoms with Crippen LogP contribution < -0.4 is 14.8 Å². The summed E-state index contributed by atoms with van der Waals surface area (Å²) in [6.07, 6.45) is 0. The number of nitrogens with zero attached hydrogens (tertiary/aromatic N) is 4. The molecular weight excluding hydrogens is 538 g/mol. The van der Waals surface area contributed by atoms with Crippen molar-refractivity contribution in [3.8, 4) is 17.2 Å². The molecule has 0 spiro atoms. The Morgan fingerprint density at radius 3 is 2.65 bits per heavy atom. The molecule has 176 valence electrons. The number of halogens is 2. The lowest BCUT2D eigenvalue weighted by atomic mass is 10.1. The Balaban J connectivity index is 1.37. The number of hydrogen-bond donors (Lipinski definition) is 1. The number of nitrogens with one attached hydrogen (secondary N) is 1. The van der Waals surface area contributed by atoms with Crippen LogP contribution in [0.2, 0.25) is 5.02 Å². The number of para-hydroxylation sites is 1. The van der Waals surface area contributed by atoms with Crippen LogP contribution in [0.1, 0.15) is 11.1 Å². The fourth-order valence-corrected chi connectivity index (χ4v) is 4.69. The smallest absolute Gasteiger partial charge is 0.214 e. The minimum Gasteiger partial charge on any atom is -0.493 e. The van der Waals surface area contributed by atoms with Gasteiger partial charge in [0.15, 0.2) is 11.5 Å². The van der Waals surface area contributed by atoms with Gasteiger partial charge in [-0.1, -0.05) is 75.7 Å². The highest BCUT2D eigenvalue weighted by Gasteiger charge is 2.15. The maximum absolute atomic E-state index is 6.30. The third-order valence-corrected chi connectivity index (χ3v) is 7.00. The quantitative estimate of drug-likeness (QED) is 0.190. The fourth-order valence-electron chi connectivity index (χ4n) is 3.26. The summed E-state index contributed by atoms with van der Waals surface area (Å²) in [5, 5.41) is 16.9. The van der Waals surface area contributed by atoms with E-state index in [1.807, 2.05) is 66.7 Å². The molecule has 34 heavy (non-hydrogen) atoms. The molecule has 0 saturated carbocycles. The molecule has 0 aliphatic heterocycles. The summed E-state index contributed by atoms with van der Waals surface area (Å²) in [5.41, 5.74) is 2.83. The molecular formula is C24H23BrClN5O2S. The lowest BCUT2D eigenvalue weighted by molar-refractivity contribution is 0.280. The Labute approximate surface area is 215 Å². The van der Waals surface area contributed by atoms with Gasteiger partial charge in [0.25, 0.3) is 0 Å². The van der Waals surface area contributed by atoms with Gasteiger partial charge in [-0.15, -0.1) is 5.10 Å². The first-order chi connectivity index (χ1) is 16.7. The molecule has 0 bridgehead atoms. The zero-order valence-electron chi connectivity index (χ0n) is 18.4. The highest BCUT2D eigenvalue weighted by atomic mass is 79.9. The average Bonchev–Trinajstić information content (AvgIpc) is 3.33. The highest BCUT2D eigenvalue weighted by Crippen LogP contribution is 2.37. The van der Waals surface area contributed by atoms with Crippen LogP contribution in [-0.2, 0) is 13.2 Å². The molecule has 0 unspecified atom stereocenters. The van der Waals surface area contributed by atoms with Crippen LogP contribution in [0.4, 0.5) is 0 Å². The Bertz CT molecular complexity index is 1230. The van der Waals surface area contributed by atoms with Crippen LogP contribution >= 0.6 is 39.3 Å². The van der Waals surface area contributed by atoms with Crippen LogP contribution in [0.25, 0.3) is 5.69 Å². The molecule has 7 nitrogen and oxygen atoms in total.